The Morgan fingerprint density at radius 3 is 1.75 bits per heavy atom. The average molecular weight is 319 g/mol. The van der Waals surface area contributed by atoms with Gasteiger partial charge in [0.2, 0.25) is 0 Å². The monoisotopic (exact) mass is 319 g/mol. The molecule has 0 amide bonds. The third-order valence-corrected chi connectivity index (χ3v) is 3.77. The van der Waals surface area contributed by atoms with E-state index in [0.717, 1.165) is 16.7 Å². The van der Waals surface area contributed by atoms with Gasteiger partial charge in [0.25, 0.3) is 5.69 Å². The molecular weight excluding hydrogens is 302 g/mol. The Bertz CT molecular complexity index is 747. The minimum absolute atomic E-state index is 0.0846. The highest BCUT2D eigenvalue weighted by Gasteiger charge is 2.14. The van der Waals surface area contributed by atoms with Crippen LogP contribution in [0.4, 0.5) is 5.69 Å². The van der Waals surface area contributed by atoms with E-state index in [4.69, 9.17) is 4.74 Å². The van der Waals surface area contributed by atoms with Crippen LogP contribution < -0.4 is 0 Å². The van der Waals surface area contributed by atoms with Crippen molar-refractivity contribution in [2.75, 3.05) is 0 Å². The van der Waals surface area contributed by atoms with Gasteiger partial charge in [-0.3, -0.25) is 10.1 Å². The summed E-state index contributed by atoms with van der Waals surface area (Å²) in [6.45, 7) is 0.381. The fourth-order valence-electron chi connectivity index (χ4n) is 2.53. The van der Waals surface area contributed by atoms with Crippen molar-refractivity contribution in [1.29, 1.82) is 0 Å². The second kappa shape index (κ2) is 7.53. The van der Waals surface area contributed by atoms with Crippen molar-refractivity contribution < 1.29 is 9.66 Å². The van der Waals surface area contributed by atoms with Crippen molar-refractivity contribution >= 4 is 5.69 Å². The summed E-state index contributed by atoms with van der Waals surface area (Å²) in [5.41, 5.74) is 3.13. The molecule has 0 aliphatic rings. The Kier molecular flexibility index (Phi) is 4.99. The number of hydrogen-bond acceptors (Lipinski definition) is 3. The molecular formula is C20H17NO3. The number of rotatable bonds is 6. The molecule has 0 aromatic heterocycles. The second-order valence-corrected chi connectivity index (χ2v) is 5.44. The van der Waals surface area contributed by atoms with Crippen LogP contribution in [0.5, 0.6) is 0 Å². The molecule has 0 spiro atoms. The smallest absolute Gasteiger partial charge is 0.269 e. The lowest BCUT2D eigenvalue weighted by Gasteiger charge is -2.19. The summed E-state index contributed by atoms with van der Waals surface area (Å²) in [7, 11) is 0. The van der Waals surface area contributed by atoms with E-state index in [9.17, 15) is 10.1 Å². The van der Waals surface area contributed by atoms with Crippen LogP contribution in [-0.2, 0) is 11.3 Å². The predicted octanol–water partition coefficient (Wildman–Crippen LogP) is 4.90. The summed E-state index contributed by atoms with van der Waals surface area (Å²) in [6, 6.07) is 26.5. The fraction of sp³-hybridized carbons (Fsp3) is 0.100. The Hall–Kier alpha value is -2.98. The van der Waals surface area contributed by atoms with Gasteiger partial charge in [-0.2, -0.15) is 0 Å². The molecule has 24 heavy (non-hydrogen) atoms. The quantitative estimate of drug-likeness (QED) is 0.479. The first-order chi connectivity index (χ1) is 11.7. The maximum absolute atomic E-state index is 10.7. The van der Waals surface area contributed by atoms with Gasteiger partial charge < -0.3 is 4.74 Å². The van der Waals surface area contributed by atoms with Crippen molar-refractivity contribution in [3.05, 3.63) is 112 Å². The summed E-state index contributed by atoms with van der Waals surface area (Å²) in [5.74, 6) is 0. The molecule has 3 rings (SSSR count). The van der Waals surface area contributed by atoms with Crippen LogP contribution in [0.2, 0.25) is 0 Å². The fourth-order valence-corrected chi connectivity index (χ4v) is 2.53. The summed E-state index contributed by atoms with van der Waals surface area (Å²) in [4.78, 5) is 10.3. The van der Waals surface area contributed by atoms with E-state index in [1.165, 1.54) is 12.1 Å². The Balaban J connectivity index is 1.79. The van der Waals surface area contributed by atoms with E-state index >= 15 is 0 Å². The summed E-state index contributed by atoms with van der Waals surface area (Å²) in [5, 5.41) is 10.7. The molecule has 0 heterocycles. The number of ether oxygens (including phenoxy) is 1. The molecule has 0 aliphatic carbocycles. The molecule has 0 bridgehead atoms. The molecule has 0 N–H and O–H groups in total. The van der Waals surface area contributed by atoms with Gasteiger partial charge in [-0.05, 0) is 28.8 Å². The number of nitrogens with zero attached hydrogens (tertiary/aromatic N) is 1. The summed E-state index contributed by atoms with van der Waals surface area (Å²) in [6.07, 6.45) is -0.178. The van der Waals surface area contributed by atoms with Gasteiger partial charge in [0, 0.05) is 12.1 Å². The van der Waals surface area contributed by atoms with E-state index in [2.05, 4.69) is 0 Å². The molecule has 120 valence electrons. The van der Waals surface area contributed by atoms with E-state index in [1.54, 1.807) is 12.1 Å². The van der Waals surface area contributed by atoms with Gasteiger partial charge in [0.05, 0.1) is 11.5 Å². The Morgan fingerprint density at radius 1 is 0.792 bits per heavy atom. The van der Waals surface area contributed by atoms with Crippen LogP contribution in [0.15, 0.2) is 84.9 Å². The molecule has 4 heteroatoms. The third-order valence-electron chi connectivity index (χ3n) is 3.77. The number of nitro benzene ring substituents is 1. The molecule has 0 unspecified atom stereocenters. The first-order valence-electron chi connectivity index (χ1n) is 7.69. The lowest BCUT2D eigenvalue weighted by Crippen LogP contribution is -2.06. The molecule has 0 radical (unpaired) electrons. The Labute approximate surface area is 140 Å². The molecule has 0 aliphatic heterocycles. The van der Waals surface area contributed by atoms with Gasteiger partial charge in [-0.1, -0.05) is 60.7 Å². The summed E-state index contributed by atoms with van der Waals surface area (Å²) >= 11 is 0. The lowest BCUT2D eigenvalue weighted by molar-refractivity contribution is -0.384. The topological polar surface area (TPSA) is 52.4 Å². The normalized spacial score (nSPS) is 10.7. The Morgan fingerprint density at radius 2 is 1.29 bits per heavy atom. The minimum atomic E-state index is -0.401. The third kappa shape index (κ3) is 3.86. The van der Waals surface area contributed by atoms with Crippen LogP contribution in [0.1, 0.15) is 22.8 Å². The van der Waals surface area contributed by atoms with Crippen molar-refractivity contribution in [2.24, 2.45) is 0 Å². The van der Waals surface area contributed by atoms with Gasteiger partial charge in [-0.25, -0.2) is 0 Å². The van der Waals surface area contributed by atoms with Crippen LogP contribution in [0.25, 0.3) is 0 Å². The molecule has 0 saturated carbocycles. The largest absolute Gasteiger partial charge is 0.364 e. The van der Waals surface area contributed by atoms with Gasteiger partial charge in [0.1, 0.15) is 6.10 Å². The zero-order chi connectivity index (χ0) is 16.8. The maximum atomic E-state index is 10.7. The van der Waals surface area contributed by atoms with Crippen LogP contribution in [0, 0.1) is 10.1 Å². The first-order valence-corrected chi connectivity index (χ1v) is 7.69. The van der Waals surface area contributed by atoms with Gasteiger partial charge >= 0.3 is 0 Å². The van der Waals surface area contributed by atoms with E-state index in [-0.39, 0.29) is 11.8 Å². The van der Waals surface area contributed by atoms with Crippen molar-refractivity contribution in [1.82, 2.24) is 0 Å². The number of non-ortho nitro benzene ring substituents is 1. The number of nitro groups is 1. The van der Waals surface area contributed by atoms with Crippen molar-refractivity contribution in [2.45, 2.75) is 12.7 Å². The van der Waals surface area contributed by atoms with E-state index in [1.807, 2.05) is 60.7 Å². The minimum Gasteiger partial charge on any atom is -0.364 e. The highest BCUT2D eigenvalue weighted by molar-refractivity contribution is 5.33. The molecule has 3 aromatic rings. The highest BCUT2D eigenvalue weighted by atomic mass is 16.6. The molecule has 3 aromatic carbocycles. The average Bonchev–Trinajstić information content (AvgIpc) is 2.64. The molecule has 0 saturated heterocycles. The van der Waals surface area contributed by atoms with Crippen molar-refractivity contribution in [3.8, 4) is 0 Å². The SMILES string of the molecule is O=[N+]([O-])c1ccc(COC(c2ccccc2)c2ccccc2)cc1. The van der Waals surface area contributed by atoms with Crippen LogP contribution in [0.3, 0.4) is 0 Å². The van der Waals surface area contributed by atoms with E-state index < -0.39 is 4.92 Å². The van der Waals surface area contributed by atoms with Crippen molar-refractivity contribution in [3.63, 3.8) is 0 Å². The predicted molar refractivity (Wildman–Crippen MR) is 92.6 cm³/mol. The lowest BCUT2D eigenvalue weighted by atomic mass is 10.0. The zero-order valence-corrected chi connectivity index (χ0v) is 13.0. The van der Waals surface area contributed by atoms with Crippen LogP contribution in [-0.4, -0.2) is 4.92 Å². The molecule has 0 atom stereocenters. The maximum Gasteiger partial charge on any atom is 0.269 e. The number of benzene rings is 3. The van der Waals surface area contributed by atoms with Crippen LogP contribution >= 0.6 is 0 Å². The van der Waals surface area contributed by atoms with Gasteiger partial charge in [0.15, 0.2) is 0 Å². The standard InChI is InChI=1S/C20H17NO3/c22-21(23)19-13-11-16(12-14-19)15-24-20(17-7-3-1-4-8-17)18-9-5-2-6-10-18/h1-14,20H,15H2. The summed E-state index contributed by atoms with van der Waals surface area (Å²) < 4.78 is 6.13. The highest BCUT2D eigenvalue weighted by Crippen LogP contribution is 2.27. The molecule has 4 nitrogen and oxygen atoms in total. The first kappa shape index (κ1) is 15.9. The van der Waals surface area contributed by atoms with Gasteiger partial charge in [-0.15, -0.1) is 0 Å². The zero-order valence-electron chi connectivity index (χ0n) is 13.0. The molecule has 0 fully saturated rings. The second-order valence-electron chi connectivity index (χ2n) is 5.44. The van der Waals surface area contributed by atoms with E-state index in [0.29, 0.717) is 6.61 Å². The number of hydrogen-bond donors (Lipinski definition) is 0.